The molecule has 2 amide bonds. The average molecular weight is 373 g/mol. The summed E-state index contributed by atoms with van der Waals surface area (Å²) >= 11 is 0. The van der Waals surface area contributed by atoms with Crippen LogP contribution in [0.5, 0.6) is 0 Å². The number of carbonyl (C=O) groups is 2. The van der Waals surface area contributed by atoms with Gasteiger partial charge in [-0.1, -0.05) is 19.8 Å². The summed E-state index contributed by atoms with van der Waals surface area (Å²) in [7, 11) is 0. The number of hydrogen-bond acceptors (Lipinski definition) is 4. The van der Waals surface area contributed by atoms with Crippen LogP contribution in [0.15, 0.2) is 0 Å². The van der Waals surface area contributed by atoms with Crippen LogP contribution in [0.2, 0.25) is 0 Å². The third kappa shape index (κ3) is 5.83. The molecule has 1 saturated carbocycles. The fourth-order valence-electron chi connectivity index (χ4n) is 4.28. The monoisotopic (exact) mass is 372 g/mol. The molecule has 0 aromatic heterocycles. The van der Waals surface area contributed by atoms with Crippen molar-refractivity contribution >= 4 is 24.2 Å². The fourth-order valence-corrected chi connectivity index (χ4v) is 4.28. The van der Waals surface area contributed by atoms with Gasteiger partial charge in [0.25, 0.3) is 0 Å². The van der Waals surface area contributed by atoms with Crippen LogP contribution in [0.3, 0.4) is 0 Å². The Morgan fingerprint density at radius 1 is 1.08 bits per heavy atom. The maximum absolute atomic E-state index is 12.4. The highest BCUT2D eigenvalue weighted by molar-refractivity contribution is 5.85. The molecule has 0 spiro atoms. The Morgan fingerprint density at radius 3 is 2.48 bits per heavy atom. The number of nitrogens with one attached hydrogen (secondary N) is 2. The summed E-state index contributed by atoms with van der Waals surface area (Å²) in [5.74, 6) is 1.11. The Labute approximate surface area is 157 Å². The summed E-state index contributed by atoms with van der Waals surface area (Å²) in [5, 5.41) is 6.48. The molecule has 2 heterocycles. The Hall–Kier alpha value is -0.850. The molecule has 3 fully saturated rings. The van der Waals surface area contributed by atoms with E-state index in [0.717, 1.165) is 64.3 Å². The summed E-state index contributed by atoms with van der Waals surface area (Å²) < 4.78 is 0. The van der Waals surface area contributed by atoms with Gasteiger partial charge < -0.3 is 15.5 Å². The van der Waals surface area contributed by atoms with Gasteiger partial charge in [-0.15, -0.1) is 12.4 Å². The van der Waals surface area contributed by atoms with Crippen molar-refractivity contribution in [1.82, 2.24) is 20.4 Å². The smallest absolute Gasteiger partial charge is 0.239 e. The predicted octanol–water partition coefficient (Wildman–Crippen LogP) is 0.999. The summed E-state index contributed by atoms with van der Waals surface area (Å²) in [6.07, 6.45) is 6.80. The van der Waals surface area contributed by atoms with Crippen LogP contribution in [0, 0.1) is 5.92 Å². The van der Waals surface area contributed by atoms with Gasteiger partial charge in [0.1, 0.15) is 0 Å². The van der Waals surface area contributed by atoms with Crippen LogP contribution in [0.4, 0.5) is 0 Å². The van der Waals surface area contributed by atoms with Gasteiger partial charge in [0.2, 0.25) is 11.8 Å². The Kier molecular flexibility index (Phi) is 7.97. The molecular weight excluding hydrogens is 340 g/mol. The van der Waals surface area contributed by atoms with E-state index in [1.165, 1.54) is 12.8 Å². The first-order valence-electron chi connectivity index (χ1n) is 9.65. The number of rotatable bonds is 4. The second-order valence-corrected chi connectivity index (χ2v) is 7.79. The molecule has 7 heteroatoms. The number of halogens is 1. The third-order valence-electron chi connectivity index (χ3n) is 5.71. The molecule has 0 aromatic rings. The van der Waals surface area contributed by atoms with Gasteiger partial charge in [-0.2, -0.15) is 0 Å². The van der Waals surface area contributed by atoms with E-state index in [2.05, 4.69) is 22.5 Å². The van der Waals surface area contributed by atoms with Crippen LogP contribution in [-0.2, 0) is 9.59 Å². The maximum atomic E-state index is 12.4. The third-order valence-corrected chi connectivity index (χ3v) is 5.71. The minimum absolute atomic E-state index is 0. The second kappa shape index (κ2) is 9.74. The summed E-state index contributed by atoms with van der Waals surface area (Å²) in [6, 6.07) is 0.380. The van der Waals surface area contributed by atoms with E-state index in [1.54, 1.807) is 0 Å². The molecule has 3 aliphatic rings. The van der Waals surface area contributed by atoms with E-state index < -0.39 is 0 Å². The van der Waals surface area contributed by atoms with Gasteiger partial charge in [-0.3, -0.25) is 14.5 Å². The first-order chi connectivity index (χ1) is 11.6. The first-order valence-corrected chi connectivity index (χ1v) is 9.65. The highest BCUT2D eigenvalue weighted by Crippen LogP contribution is 2.23. The lowest BCUT2D eigenvalue weighted by molar-refractivity contribution is -0.135. The van der Waals surface area contributed by atoms with Gasteiger partial charge in [0.05, 0.1) is 12.6 Å². The summed E-state index contributed by atoms with van der Waals surface area (Å²) in [4.78, 5) is 28.8. The van der Waals surface area contributed by atoms with Crippen LogP contribution < -0.4 is 10.6 Å². The predicted molar refractivity (Wildman–Crippen MR) is 101 cm³/mol. The quantitative estimate of drug-likeness (QED) is 0.772. The molecule has 6 nitrogen and oxygen atoms in total. The molecule has 2 N–H and O–H groups in total. The molecule has 2 saturated heterocycles. The van der Waals surface area contributed by atoms with E-state index >= 15 is 0 Å². The summed E-state index contributed by atoms with van der Waals surface area (Å²) in [6.45, 7) is 6.77. The molecular formula is C18H33ClN4O2. The molecule has 0 aromatic carbocycles. The first kappa shape index (κ1) is 20.5. The maximum Gasteiger partial charge on any atom is 0.239 e. The Bertz CT molecular complexity index is 448. The molecule has 0 radical (unpaired) electrons. The van der Waals surface area contributed by atoms with Crippen LogP contribution in [0.25, 0.3) is 0 Å². The fraction of sp³-hybridized carbons (Fsp3) is 0.889. The highest BCUT2D eigenvalue weighted by atomic mass is 35.5. The SMILES string of the molecule is CC1CCCC(NC(=O)CN2CCN(C(=O)[C@@H]3CCCN3)CC2)C1.Cl. The average Bonchev–Trinajstić information content (AvgIpc) is 3.09. The molecule has 2 unspecified atom stereocenters. The minimum Gasteiger partial charge on any atom is -0.352 e. The highest BCUT2D eigenvalue weighted by Gasteiger charge is 2.29. The van der Waals surface area contributed by atoms with Gasteiger partial charge in [-0.25, -0.2) is 0 Å². The van der Waals surface area contributed by atoms with Gasteiger partial charge >= 0.3 is 0 Å². The van der Waals surface area contributed by atoms with Crippen LogP contribution in [0.1, 0.15) is 45.4 Å². The lowest BCUT2D eigenvalue weighted by Gasteiger charge is -2.36. The number of nitrogens with zero attached hydrogens (tertiary/aromatic N) is 2. The van der Waals surface area contributed by atoms with Crippen molar-refractivity contribution in [3.8, 4) is 0 Å². The lowest BCUT2D eigenvalue weighted by atomic mass is 9.87. The van der Waals surface area contributed by atoms with Gasteiger partial charge in [0, 0.05) is 32.2 Å². The number of amides is 2. The van der Waals surface area contributed by atoms with Crippen molar-refractivity contribution in [3.63, 3.8) is 0 Å². The molecule has 3 atom stereocenters. The normalized spacial score (nSPS) is 30.6. The molecule has 1 aliphatic carbocycles. The Balaban J connectivity index is 0.00000225. The number of piperazine rings is 1. The van der Waals surface area contributed by atoms with Crippen LogP contribution >= 0.6 is 12.4 Å². The molecule has 144 valence electrons. The molecule has 0 bridgehead atoms. The second-order valence-electron chi connectivity index (χ2n) is 7.79. The number of hydrogen-bond donors (Lipinski definition) is 2. The van der Waals surface area contributed by atoms with E-state index in [0.29, 0.717) is 12.6 Å². The number of carbonyl (C=O) groups excluding carboxylic acids is 2. The van der Waals surface area contributed by atoms with Crippen molar-refractivity contribution in [2.24, 2.45) is 5.92 Å². The standard InChI is InChI=1S/C18H32N4O2.ClH/c1-14-4-2-5-15(12-14)20-17(23)13-21-8-10-22(11-9-21)18(24)16-6-3-7-19-16;/h14-16,19H,2-13H2,1H3,(H,20,23);1H/t14?,15?,16-;/m0./s1. The Morgan fingerprint density at radius 2 is 1.84 bits per heavy atom. The van der Waals surface area contributed by atoms with Crippen molar-refractivity contribution in [3.05, 3.63) is 0 Å². The lowest BCUT2D eigenvalue weighted by Crippen LogP contribution is -2.54. The minimum atomic E-state index is 0. The van der Waals surface area contributed by atoms with E-state index in [1.807, 2.05) is 4.90 Å². The van der Waals surface area contributed by atoms with Gasteiger partial charge in [0.15, 0.2) is 0 Å². The van der Waals surface area contributed by atoms with E-state index in [9.17, 15) is 9.59 Å². The van der Waals surface area contributed by atoms with Crippen LogP contribution in [-0.4, -0.2) is 73.0 Å². The zero-order valence-electron chi connectivity index (χ0n) is 15.3. The zero-order valence-corrected chi connectivity index (χ0v) is 16.2. The molecule has 2 aliphatic heterocycles. The summed E-state index contributed by atoms with van der Waals surface area (Å²) in [5.41, 5.74) is 0. The van der Waals surface area contributed by atoms with Crippen molar-refractivity contribution in [2.75, 3.05) is 39.3 Å². The van der Waals surface area contributed by atoms with Crippen molar-refractivity contribution in [2.45, 2.75) is 57.5 Å². The topological polar surface area (TPSA) is 64.7 Å². The molecule has 3 rings (SSSR count). The molecule has 25 heavy (non-hydrogen) atoms. The van der Waals surface area contributed by atoms with Crippen molar-refractivity contribution < 1.29 is 9.59 Å². The largest absolute Gasteiger partial charge is 0.352 e. The zero-order chi connectivity index (χ0) is 16.9. The van der Waals surface area contributed by atoms with Gasteiger partial charge in [-0.05, 0) is 38.1 Å². The van der Waals surface area contributed by atoms with Crippen molar-refractivity contribution in [1.29, 1.82) is 0 Å². The van der Waals surface area contributed by atoms with E-state index in [4.69, 9.17) is 0 Å². The van der Waals surface area contributed by atoms with E-state index in [-0.39, 0.29) is 30.3 Å².